The molecule has 0 aliphatic heterocycles. The summed E-state index contributed by atoms with van der Waals surface area (Å²) in [6.07, 6.45) is 0. The molecule has 2 aromatic carbocycles. The minimum atomic E-state index is -0.548. The summed E-state index contributed by atoms with van der Waals surface area (Å²) >= 11 is 0. The Morgan fingerprint density at radius 2 is 1.89 bits per heavy atom. The third kappa shape index (κ3) is 2.85. The first-order chi connectivity index (χ1) is 8.66. The Kier molecular flexibility index (Phi) is 3.57. The van der Waals surface area contributed by atoms with E-state index < -0.39 is 5.82 Å². The Morgan fingerprint density at radius 1 is 1.17 bits per heavy atom. The molecular weight excluding hydrogens is 231 g/mol. The molecule has 0 radical (unpaired) electrons. The van der Waals surface area contributed by atoms with E-state index in [1.165, 1.54) is 12.1 Å². The van der Waals surface area contributed by atoms with Crippen molar-refractivity contribution >= 4 is 5.84 Å². The van der Waals surface area contributed by atoms with E-state index in [0.29, 0.717) is 12.4 Å². The number of benzene rings is 2. The van der Waals surface area contributed by atoms with E-state index in [0.717, 1.165) is 5.56 Å². The van der Waals surface area contributed by atoms with Gasteiger partial charge in [-0.2, -0.15) is 0 Å². The molecule has 2 rings (SSSR count). The van der Waals surface area contributed by atoms with Crippen LogP contribution in [0.25, 0.3) is 0 Å². The highest BCUT2D eigenvalue weighted by atomic mass is 19.1. The molecule has 0 atom stereocenters. The Labute approximate surface area is 105 Å². The van der Waals surface area contributed by atoms with Gasteiger partial charge in [0.25, 0.3) is 0 Å². The van der Waals surface area contributed by atoms with Gasteiger partial charge in [-0.1, -0.05) is 30.3 Å². The van der Waals surface area contributed by atoms with Crippen LogP contribution in [-0.2, 0) is 6.61 Å². The number of ether oxygens (including phenoxy) is 1. The van der Waals surface area contributed by atoms with Crippen molar-refractivity contribution in [3.05, 3.63) is 65.5 Å². The van der Waals surface area contributed by atoms with Crippen molar-refractivity contribution in [3.8, 4) is 5.75 Å². The number of nitrogens with two attached hydrogens (primary N) is 1. The van der Waals surface area contributed by atoms with E-state index in [1.54, 1.807) is 6.07 Å². The van der Waals surface area contributed by atoms with Crippen LogP contribution in [0.5, 0.6) is 5.75 Å². The Bertz CT molecular complexity index is 555. The highest BCUT2D eigenvalue weighted by molar-refractivity contribution is 5.95. The Morgan fingerprint density at radius 3 is 2.50 bits per heavy atom. The van der Waals surface area contributed by atoms with Gasteiger partial charge in [0.1, 0.15) is 24.0 Å². The zero-order valence-electron chi connectivity index (χ0n) is 9.69. The van der Waals surface area contributed by atoms with E-state index in [9.17, 15) is 4.39 Å². The Balaban J connectivity index is 2.07. The normalized spacial score (nSPS) is 10.1. The summed E-state index contributed by atoms with van der Waals surface area (Å²) in [5, 5.41) is 7.18. The second-order valence-electron chi connectivity index (χ2n) is 3.83. The Hall–Kier alpha value is -2.36. The standard InChI is InChI=1S/C14H13FN2O/c15-13-8-11(6-7-12(13)14(16)17)18-9-10-4-2-1-3-5-10/h1-8H,9H2,(H3,16,17). The first-order valence-electron chi connectivity index (χ1n) is 5.47. The van der Waals surface area contributed by atoms with Gasteiger partial charge in [0.15, 0.2) is 0 Å². The summed E-state index contributed by atoms with van der Waals surface area (Å²) in [6, 6.07) is 13.9. The summed E-state index contributed by atoms with van der Waals surface area (Å²) in [6.45, 7) is 0.375. The fourth-order valence-corrected chi connectivity index (χ4v) is 1.54. The molecule has 92 valence electrons. The molecule has 2 aromatic rings. The van der Waals surface area contributed by atoms with Gasteiger partial charge in [0, 0.05) is 6.07 Å². The van der Waals surface area contributed by atoms with Gasteiger partial charge in [-0.25, -0.2) is 4.39 Å². The average Bonchev–Trinajstić information content (AvgIpc) is 2.37. The molecule has 4 heteroatoms. The molecule has 0 aromatic heterocycles. The predicted octanol–water partition coefficient (Wildman–Crippen LogP) is 2.69. The first kappa shape index (κ1) is 12.1. The lowest BCUT2D eigenvalue weighted by atomic mass is 10.2. The SMILES string of the molecule is N=C(N)c1ccc(OCc2ccccc2)cc1F. The van der Waals surface area contributed by atoms with Crippen molar-refractivity contribution in [2.75, 3.05) is 0 Å². The highest BCUT2D eigenvalue weighted by Crippen LogP contribution is 2.17. The van der Waals surface area contributed by atoms with Crippen LogP contribution < -0.4 is 10.5 Å². The lowest BCUT2D eigenvalue weighted by molar-refractivity contribution is 0.304. The fraction of sp³-hybridized carbons (Fsp3) is 0.0714. The van der Waals surface area contributed by atoms with E-state index in [-0.39, 0.29) is 11.4 Å². The van der Waals surface area contributed by atoms with Crippen LogP contribution in [0.2, 0.25) is 0 Å². The molecule has 3 nitrogen and oxygen atoms in total. The monoisotopic (exact) mass is 244 g/mol. The van der Waals surface area contributed by atoms with Crippen LogP contribution in [0, 0.1) is 11.2 Å². The number of nitrogen functional groups attached to an aromatic ring is 1. The smallest absolute Gasteiger partial charge is 0.137 e. The van der Waals surface area contributed by atoms with E-state index >= 15 is 0 Å². The minimum absolute atomic E-state index is 0.0852. The molecule has 0 aliphatic rings. The number of halogens is 1. The van der Waals surface area contributed by atoms with E-state index in [4.69, 9.17) is 15.9 Å². The van der Waals surface area contributed by atoms with Crippen LogP contribution in [0.4, 0.5) is 4.39 Å². The summed E-state index contributed by atoms with van der Waals surface area (Å²) in [4.78, 5) is 0. The van der Waals surface area contributed by atoms with Crippen molar-refractivity contribution < 1.29 is 9.13 Å². The first-order valence-corrected chi connectivity index (χ1v) is 5.47. The van der Waals surface area contributed by atoms with Gasteiger partial charge in [-0.3, -0.25) is 5.41 Å². The molecule has 18 heavy (non-hydrogen) atoms. The zero-order chi connectivity index (χ0) is 13.0. The minimum Gasteiger partial charge on any atom is -0.489 e. The zero-order valence-corrected chi connectivity index (χ0v) is 9.69. The van der Waals surface area contributed by atoms with Crippen LogP contribution in [0.3, 0.4) is 0 Å². The van der Waals surface area contributed by atoms with Gasteiger partial charge in [0.05, 0.1) is 5.56 Å². The maximum atomic E-state index is 13.5. The summed E-state index contributed by atoms with van der Waals surface area (Å²) in [5.41, 5.74) is 6.33. The fourth-order valence-electron chi connectivity index (χ4n) is 1.54. The molecule has 0 saturated heterocycles. The molecule has 0 heterocycles. The third-order valence-electron chi connectivity index (χ3n) is 2.48. The van der Waals surface area contributed by atoms with Crippen LogP contribution >= 0.6 is 0 Å². The van der Waals surface area contributed by atoms with Crippen LogP contribution in [0.1, 0.15) is 11.1 Å². The molecular formula is C14H13FN2O. The average molecular weight is 244 g/mol. The van der Waals surface area contributed by atoms with Crippen molar-refractivity contribution in [1.29, 1.82) is 5.41 Å². The molecule has 0 saturated carbocycles. The summed E-state index contributed by atoms with van der Waals surface area (Å²) in [7, 11) is 0. The molecule has 0 bridgehead atoms. The molecule has 0 unspecified atom stereocenters. The molecule has 0 amide bonds. The topological polar surface area (TPSA) is 59.1 Å². The summed E-state index contributed by atoms with van der Waals surface area (Å²) < 4.78 is 19.0. The third-order valence-corrected chi connectivity index (χ3v) is 2.48. The maximum absolute atomic E-state index is 13.5. The van der Waals surface area contributed by atoms with Crippen LogP contribution in [-0.4, -0.2) is 5.84 Å². The summed E-state index contributed by atoms with van der Waals surface area (Å²) in [5.74, 6) is -0.420. The van der Waals surface area contributed by atoms with Gasteiger partial charge in [-0.15, -0.1) is 0 Å². The number of hydrogen-bond acceptors (Lipinski definition) is 2. The predicted molar refractivity (Wildman–Crippen MR) is 68.2 cm³/mol. The number of hydrogen-bond donors (Lipinski definition) is 2. The molecule has 3 N–H and O–H groups in total. The van der Waals surface area contributed by atoms with E-state index in [1.807, 2.05) is 30.3 Å². The van der Waals surface area contributed by atoms with Crippen molar-refractivity contribution in [2.45, 2.75) is 6.61 Å². The number of amidine groups is 1. The quantitative estimate of drug-likeness (QED) is 0.641. The largest absolute Gasteiger partial charge is 0.489 e. The second-order valence-corrected chi connectivity index (χ2v) is 3.83. The molecule has 0 aliphatic carbocycles. The van der Waals surface area contributed by atoms with Gasteiger partial charge >= 0.3 is 0 Å². The van der Waals surface area contributed by atoms with Crippen LogP contribution in [0.15, 0.2) is 48.5 Å². The van der Waals surface area contributed by atoms with Gasteiger partial charge in [0.2, 0.25) is 0 Å². The number of nitrogens with one attached hydrogen (secondary N) is 1. The van der Waals surface area contributed by atoms with Gasteiger partial charge in [-0.05, 0) is 17.7 Å². The molecule has 0 spiro atoms. The highest BCUT2D eigenvalue weighted by Gasteiger charge is 2.06. The van der Waals surface area contributed by atoms with Crippen molar-refractivity contribution in [3.63, 3.8) is 0 Å². The van der Waals surface area contributed by atoms with Crippen molar-refractivity contribution in [1.82, 2.24) is 0 Å². The molecule has 0 fully saturated rings. The maximum Gasteiger partial charge on any atom is 0.137 e. The number of rotatable bonds is 4. The van der Waals surface area contributed by atoms with Crippen molar-refractivity contribution in [2.24, 2.45) is 5.73 Å². The lowest BCUT2D eigenvalue weighted by Crippen LogP contribution is -2.13. The second kappa shape index (κ2) is 5.31. The van der Waals surface area contributed by atoms with E-state index in [2.05, 4.69) is 0 Å². The van der Waals surface area contributed by atoms with Gasteiger partial charge < -0.3 is 10.5 Å². The lowest BCUT2D eigenvalue weighted by Gasteiger charge is -2.08.